The third-order valence-corrected chi connectivity index (χ3v) is 9.06. The van der Waals surface area contributed by atoms with Crippen LogP contribution in [0.2, 0.25) is 0 Å². The molecule has 1 N–H and O–H groups in total. The maximum absolute atomic E-state index is 13.3. The highest BCUT2D eigenvalue weighted by atomic mass is 16.4. The van der Waals surface area contributed by atoms with Gasteiger partial charge in [0.15, 0.2) is 0 Å². The zero-order chi connectivity index (χ0) is 23.5. The number of allylic oxidation sites excluding steroid dienone is 2. The van der Waals surface area contributed by atoms with Crippen molar-refractivity contribution < 1.29 is 14.7 Å². The van der Waals surface area contributed by atoms with Gasteiger partial charge in [0.2, 0.25) is 5.91 Å². The molecular weight excluding hydrogens is 412 g/mol. The van der Waals surface area contributed by atoms with Crippen molar-refractivity contribution in [1.82, 2.24) is 9.80 Å². The van der Waals surface area contributed by atoms with Crippen LogP contribution in [0, 0.1) is 22.7 Å². The number of hydrogen-bond acceptors (Lipinski definition) is 3. The van der Waals surface area contributed by atoms with Crippen LogP contribution < -0.4 is 0 Å². The summed E-state index contributed by atoms with van der Waals surface area (Å²) in [4.78, 5) is 29.0. The van der Waals surface area contributed by atoms with Gasteiger partial charge in [-0.3, -0.25) is 9.69 Å². The Morgan fingerprint density at radius 3 is 2.42 bits per heavy atom. The van der Waals surface area contributed by atoms with Crippen LogP contribution in [-0.4, -0.2) is 59.0 Å². The van der Waals surface area contributed by atoms with Crippen LogP contribution in [0.1, 0.15) is 62.9 Å². The Bertz CT molecular complexity index is 1040. The third kappa shape index (κ3) is 3.65. The van der Waals surface area contributed by atoms with Gasteiger partial charge in [0.25, 0.3) is 0 Å². The molecule has 2 bridgehead atoms. The minimum atomic E-state index is -0.901. The fourth-order valence-electron chi connectivity index (χ4n) is 7.28. The maximum atomic E-state index is 13.3. The summed E-state index contributed by atoms with van der Waals surface area (Å²) in [7, 11) is 0. The molecule has 0 radical (unpaired) electrons. The van der Waals surface area contributed by atoms with Crippen LogP contribution >= 0.6 is 0 Å². The number of carbonyl (C=O) groups is 2. The van der Waals surface area contributed by atoms with Crippen molar-refractivity contribution in [2.24, 2.45) is 22.7 Å². The normalized spacial score (nSPS) is 32.8. The average Bonchev–Trinajstić information content (AvgIpc) is 3.27. The van der Waals surface area contributed by atoms with Crippen molar-refractivity contribution in [2.75, 3.05) is 26.2 Å². The van der Waals surface area contributed by atoms with Gasteiger partial charge in [-0.2, -0.15) is 0 Å². The molecule has 1 aromatic carbocycles. The van der Waals surface area contributed by atoms with Crippen molar-refractivity contribution in [3.63, 3.8) is 0 Å². The highest BCUT2D eigenvalue weighted by Crippen LogP contribution is 2.55. The number of carboxylic acid groups (broad SMARTS) is 1. The number of piperidine rings is 1. The minimum Gasteiger partial charge on any atom is -0.478 e. The highest BCUT2D eigenvalue weighted by Gasteiger charge is 2.48. The first-order chi connectivity index (χ1) is 15.6. The zero-order valence-corrected chi connectivity index (χ0v) is 20.3. The molecule has 1 saturated carbocycles. The van der Waals surface area contributed by atoms with E-state index >= 15 is 0 Å². The van der Waals surface area contributed by atoms with E-state index < -0.39 is 5.97 Å². The standard InChI is InChI=1S/C28H36N2O3/c1-18-21-9-10-23(18)30(15-21)16-25(31)29-14-12-24-27(2,3)22(11-13-28(24,4)17-29)19-5-7-20(8-6-19)26(32)33/h5-8,11-12,18,21,23H,9-10,13-17H2,1-4H3,(H,32,33)/t18-,21-,23-,28+/m0/s1. The Morgan fingerprint density at radius 1 is 1.09 bits per heavy atom. The van der Waals surface area contributed by atoms with Gasteiger partial charge in [0, 0.05) is 36.5 Å². The van der Waals surface area contributed by atoms with Gasteiger partial charge in [-0.1, -0.05) is 57.6 Å². The Labute approximate surface area is 197 Å². The molecule has 0 unspecified atom stereocenters. The molecule has 1 aromatic rings. The lowest BCUT2D eigenvalue weighted by molar-refractivity contribution is -0.134. The maximum Gasteiger partial charge on any atom is 0.335 e. The summed E-state index contributed by atoms with van der Waals surface area (Å²) in [5.74, 6) is 0.876. The van der Waals surface area contributed by atoms with Crippen molar-refractivity contribution in [2.45, 2.75) is 53.0 Å². The number of carbonyl (C=O) groups excluding carboxylic acids is 1. The molecule has 1 amide bonds. The molecule has 176 valence electrons. The second kappa shape index (κ2) is 7.83. The lowest BCUT2D eigenvalue weighted by Crippen LogP contribution is -2.51. The molecule has 4 atom stereocenters. The van der Waals surface area contributed by atoms with E-state index in [2.05, 4.69) is 49.6 Å². The Balaban J connectivity index is 1.33. The molecule has 2 aliphatic heterocycles. The largest absolute Gasteiger partial charge is 0.478 e. The summed E-state index contributed by atoms with van der Waals surface area (Å²) in [6.07, 6.45) is 8.05. The number of nitrogens with zero attached hydrogens (tertiary/aromatic N) is 2. The SMILES string of the molecule is C[C@H]1[C@H]2CC[C@@H]1N(CC(=O)N1CC=C3C(C)(C)C(c4ccc(C(=O)O)cc4)=CC[C@]3(C)C1)C2. The van der Waals surface area contributed by atoms with Crippen molar-refractivity contribution in [3.8, 4) is 0 Å². The smallest absolute Gasteiger partial charge is 0.335 e. The summed E-state index contributed by atoms with van der Waals surface area (Å²) in [6, 6.07) is 7.80. The molecule has 5 rings (SSSR count). The topological polar surface area (TPSA) is 60.9 Å². The molecular formula is C28H36N2O3. The first-order valence-corrected chi connectivity index (χ1v) is 12.4. The number of hydrogen-bond donors (Lipinski definition) is 1. The summed E-state index contributed by atoms with van der Waals surface area (Å²) in [6.45, 7) is 12.2. The molecule has 1 saturated heterocycles. The molecule has 33 heavy (non-hydrogen) atoms. The van der Waals surface area contributed by atoms with E-state index in [1.165, 1.54) is 24.0 Å². The van der Waals surface area contributed by atoms with E-state index in [0.29, 0.717) is 24.7 Å². The zero-order valence-electron chi connectivity index (χ0n) is 20.3. The molecule has 2 fully saturated rings. The molecule has 2 heterocycles. The van der Waals surface area contributed by atoms with Gasteiger partial charge in [-0.05, 0) is 54.4 Å². The molecule has 0 spiro atoms. The molecule has 0 aromatic heterocycles. The van der Waals surface area contributed by atoms with Crippen LogP contribution in [0.3, 0.4) is 0 Å². The highest BCUT2D eigenvalue weighted by molar-refractivity contribution is 5.88. The van der Waals surface area contributed by atoms with Crippen LogP contribution in [0.4, 0.5) is 0 Å². The summed E-state index contributed by atoms with van der Waals surface area (Å²) >= 11 is 0. The van der Waals surface area contributed by atoms with E-state index in [9.17, 15) is 14.7 Å². The first-order valence-electron chi connectivity index (χ1n) is 12.4. The van der Waals surface area contributed by atoms with E-state index in [-0.39, 0.29) is 16.7 Å². The van der Waals surface area contributed by atoms with Gasteiger partial charge < -0.3 is 10.0 Å². The van der Waals surface area contributed by atoms with E-state index in [4.69, 9.17) is 0 Å². The fourth-order valence-corrected chi connectivity index (χ4v) is 7.28. The quantitative estimate of drug-likeness (QED) is 0.678. The summed E-state index contributed by atoms with van der Waals surface area (Å²) in [5, 5.41) is 9.22. The molecule has 5 heteroatoms. The predicted octanol–water partition coefficient (Wildman–Crippen LogP) is 4.70. The number of likely N-dealkylation sites (tertiary alicyclic amines) is 1. The second-order valence-corrected chi connectivity index (χ2v) is 11.5. The van der Waals surface area contributed by atoms with Crippen molar-refractivity contribution >= 4 is 17.4 Å². The van der Waals surface area contributed by atoms with Crippen LogP contribution in [0.5, 0.6) is 0 Å². The Kier molecular flexibility index (Phi) is 5.32. The van der Waals surface area contributed by atoms with Gasteiger partial charge in [-0.15, -0.1) is 0 Å². The average molecular weight is 449 g/mol. The molecule has 5 nitrogen and oxygen atoms in total. The minimum absolute atomic E-state index is 0.0702. The lowest BCUT2D eigenvalue weighted by Gasteiger charge is -2.51. The summed E-state index contributed by atoms with van der Waals surface area (Å²) < 4.78 is 0. The molecule has 4 aliphatic rings. The van der Waals surface area contributed by atoms with Crippen LogP contribution in [-0.2, 0) is 4.79 Å². The third-order valence-electron chi connectivity index (χ3n) is 9.06. The Hall–Kier alpha value is -2.40. The fraction of sp³-hybridized carbons (Fsp3) is 0.571. The van der Waals surface area contributed by atoms with E-state index in [1.54, 1.807) is 12.1 Å². The number of benzene rings is 1. The summed E-state index contributed by atoms with van der Waals surface area (Å²) in [5.41, 5.74) is 3.78. The van der Waals surface area contributed by atoms with Crippen LogP contribution in [0.25, 0.3) is 5.57 Å². The van der Waals surface area contributed by atoms with Gasteiger partial charge in [0.1, 0.15) is 0 Å². The van der Waals surface area contributed by atoms with Crippen molar-refractivity contribution in [3.05, 3.63) is 53.1 Å². The van der Waals surface area contributed by atoms with Gasteiger partial charge >= 0.3 is 5.97 Å². The Morgan fingerprint density at radius 2 is 1.82 bits per heavy atom. The van der Waals surface area contributed by atoms with Gasteiger partial charge in [-0.25, -0.2) is 4.79 Å². The number of rotatable bonds is 4. The lowest BCUT2D eigenvalue weighted by atomic mass is 9.58. The van der Waals surface area contributed by atoms with E-state index in [0.717, 1.165) is 36.9 Å². The molecule has 2 aliphatic carbocycles. The van der Waals surface area contributed by atoms with Crippen LogP contribution in [0.15, 0.2) is 42.0 Å². The van der Waals surface area contributed by atoms with Crippen molar-refractivity contribution in [1.29, 1.82) is 0 Å². The van der Waals surface area contributed by atoms with Gasteiger partial charge in [0.05, 0.1) is 12.1 Å². The first kappa shape index (κ1) is 22.4. The second-order valence-electron chi connectivity index (χ2n) is 11.5. The number of aromatic carboxylic acids is 1. The predicted molar refractivity (Wildman–Crippen MR) is 130 cm³/mol. The number of fused-ring (bicyclic) bond motifs is 3. The number of amides is 1. The van der Waals surface area contributed by atoms with E-state index in [1.807, 2.05) is 12.1 Å². The monoisotopic (exact) mass is 448 g/mol. The number of carboxylic acids is 1.